The van der Waals surface area contributed by atoms with Crippen LogP contribution in [0.1, 0.15) is 11.3 Å². The Labute approximate surface area is 178 Å². The van der Waals surface area contributed by atoms with Crippen LogP contribution in [-0.4, -0.2) is 19.1 Å². The van der Waals surface area contributed by atoms with Gasteiger partial charge in [-0.25, -0.2) is 4.98 Å². The van der Waals surface area contributed by atoms with Crippen LogP contribution < -0.4 is 5.56 Å². The number of aromatic nitrogens is 4. The summed E-state index contributed by atoms with van der Waals surface area (Å²) in [6.07, 6.45) is 1.70. The van der Waals surface area contributed by atoms with Gasteiger partial charge < -0.3 is 0 Å². The number of benzene rings is 1. The van der Waals surface area contributed by atoms with Gasteiger partial charge in [-0.1, -0.05) is 63.8 Å². The number of aryl methyl sites for hydroxylation is 1. The molecule has 4 rings (SSSR count). The van der Waals surface area contributed by atoms with Crippen LogP contribution in [-0.2, 0) is 12.3 Å². The van der Waals surface area contributed by atoms with E-state index in [0.717, 1.165) is 27.5 Å². The van der Waals surface area contributed by atoms with Crippen molar-refractivity contribution in [1.29, 1.82) is 0 Å². The second-order valence-corrected chi connectivity index (χ2v) is 9.23. The van der Waals surface area contributed by atoms with Gasteiger partial charge in [-0.3, -0.25) is 9.36 Å². The lowest BCUT2D eigenvalue weighted by atomic mass is 10.1. The summed E-state index contributed by atoms with van der Waals surface area (Å²) in [4.78, 5) is 18.8. The molecule has 0 amide bonds. The van der Waals surface area contributed by atoms with Gasteiger partial charge in [-0.05, 0) is 12.5 Å². The Hall–Kier alpha value is -2.00. The number of halogens is 1. The molecular weight excluding hydrogens is 432 g/mol. The van der Waals surface area contributed by atoms with E-state index in [1.165, 1.54) is 28.7 Å². The van der Waals surface area contributed by atoms with Gasteiger partial charge in [0.2, 0.25) is 0 Å². The second-order valence-electron chi connectivity index (χ2n) is 6.08. The van der Waals surface area contributed by atoms with Crippen molar-refractivity contribution >= 4 is 56.4 Å². The van der Waals surface area contributed by atoms with Crippen LogP contribution >= 0.6 is 46.2 Å². The van der Waals surface area contributed by atoms with Crippen molar-refractivity contribution in [1.82, 2.24) is 19.1 Å². The molecule has 9 heteroatoms. The van der Waals surface area contributed by atoms with Crippen LogP contribution in [0.4, 0.5) is 0 Å². The first-order valence-corrected chi connectivity index (χ1v) is 11.4. The minimum absolute atomic E-state index is 0.0632. The third kappa shape index (κ3) is 3.65. The highest BCUT2D eigenvalue weighted by atomic mass is 35.5. The lowest BCUT2D eigenvalue weighted by Gasteiger charge is -2.10. The molecule has 0 aliphatic rings. The molecule has 28 heavy (non-hydrogen) atoms. The molecule has 0 bridgehead atoms. The zero-order valence-electron chi connectivity index (χ0n) is 14.9. The topological polar surface area (TPSA) is 60.7 Å². The van der Waals surface area contributed by atoms with E-state index in [9.17, 15) is 4.79 Å². The molecule has 5 nitrogen and oxygen atoms in total. The number of thiophene rings is 1. The first-order chi connectivity index (χ1) is 13.6. The Morgan fingerprint density at radius 2 is 2.11 bits per heavy atom. The van der Waals surface area contributed by atoms with Crippen molar-refractivity contribution in [3.8, 4) is 11.1 Å². The Balaban J connectivity index is 1.80. The summed E-state index contributed by atoms with van der Waals surface area (Å²) in [6, 6.07) is 8.16. The first-order valence-electron chi connectivity index (χ1n) is 8.38. The minimum Gasteiger partial charge on any atom is -0.283 e. The van der Waals surface area contributed by atoms with Gasteiger partial charge in [-0.2, -0.15) is 0 Å². The fourth-order valence-corrected chi connectivity index (χ4v) is 5.50. The van der Waals surface area contributed by atoms with Crippen molar-refractivity contribution in [2.45, 2.75) is 24.4 Å². The van der Waals surface area contributed by atoms with Crippen molar-refractivity contribution < 1.29 is 0 Å². The van der Waals surface area contributed by atoms with E-state index >= 15 is 0 Å². The maximum absolute atomic E-state index is 13.3. The second kappa shape index (κ2) is 8.16. The highest BCUT2D eigenvalue weighted by molar-refractivity contribution is 7.98. The van der Waals surface area contributed by atoms with E-state index in [-0.39, 0.29) is 5.56 Å². The molecule has 0 spiro atoms. The normalized spacial score (nSPS) is 11.2. The molecule has 0 aliphatic carbocycles. The highest BCUT2D eigenvalue weighted by Crippen LogP contribution is 2.33. The molecule has 0 fully saturated rings. The Bertz CT molecular complexity index is 1210. The zero-order chi connectivity index (χ0) is 19.7. The van der Waals surface area contributed by atoms with E-state index in [0.29, 0.717) is 32.9 Å². The average Bonchev–Trinajstić information content (AvgIpc) is 3.29. The van der Waals surface area contributed by atoms with Crippen molar-refractivity contribution in [3.63, 3.8) is 0 Å². The minimum atomic E-state index is -0.0632. The van der Waals surface area contributed by atoms with Crippen LogP contribution in [0, 0.1) is 6.92 Å². The quantitative estimate of drug-likeness (QED) is 0.225. The van der Waals surface area contributed by atoms with Gasteiger partial charge in [0, 0.05) is 34.8 Å². The molecule has 142 valence electrons. The van der Waals surface area contributed by atoms with E-state index < -0.39 is 0 Å². The summed E-state index contributed by atoms with van der Waals surface area (Å²) in [7, 11) is 0. The molecule has 1 aromatic carbocycles. The number of fused-ring (bicyclic) bond motifs is 1. The average molecular weight is 447 g/mol. The molecule has 0 unspecified atom stereocenters. The molecule has 0 atom stereocenters. The Morgan fingerprint density at radius 3 is 2.79 bits per heavy atom. The molecule has 0 radical (unpaired) electrons. The van der Waals surface area contributed by atoms with Crippen molar-refractivity contribution in [2.75, 3.05) is 0 Å². The fourth-order valence-electron chi connectivity index (χ4n) is 2.77. The van der Waals surface area contributed by atoms with Gasteiger partial charge in [-0.15, -0.1) is 23.0 Å². The summed E-state index contributed by atoms with van der Waals surface area (Å²) in [5, 5.41) is 7.29. The molecule has 3 aromatic heterocycles. The number of hydrogen-bond donors (Lipinski definition) is 0. The number of allylic oxidation sites excluding steroid dienone is 1. The molecule has 0 saturated carbocycles. The number of nitrogens with zero attached hydrogens (tertiary/aromatic N) is 4. The summed E-state index contributed by atoms with van der Waals surface area (Å²) >= 11 is 10.1. The molecule has 0 saturated heterocycles. The fraction of sp³-hybridized carbons (Fsp3) is 0.158. The SMILES string of the molecule is C=CCn1c(SCc2nnsc2Cl)nc2scc(-c3ccc(C)cc3)c2c1=O. The maximum atomic E-state index is 13.3. The number of hydrogen-bond acceptors (Lipinski definition) is 7. The monoisotopic (exact) mass is 446 g/mol. The first kappa shape index (κ1) is 19.3. The highest BCUT2D eigenvalue weighted by Gasteiger charge is 2.18. The summed E-state index contributed by atoms with van der Waals surface area (Å²) < 4.78 is 6.06. The van der Waals surface area contributed by atoms with E-state index in [1.54, 1.807) is 10.6 Å². The Kier molecular flexibility index (Phi) is 5.63. The smallest absolute Gasteiger partial charge is 0.263 e. The van der Waals surface area contributed by atoms with Crippen LogP contribution in [0.2, 0.25) is 4.34 Å². The third-order valence-corrected chi connectivity index (χ3v) is 7.02. The lowest BCUT2D eigenvalue weighted by Crippen LogP contribution is -2.22. The lowest BCUT2D eigenvalue weighted by molar-refractivity contribution is 0.673. The standard InChI is InChI=1S/C19H15ClN4OS3/c1-3-8-24-18(25)15-13(12-6-4-11(2)5-7-12)9-26-17(15)21-19(24)27-10-14-16(20)28-23-22-14/h3-7,9H,1,8,10H2,2H3. The largest absolute Gasteiger partial charge is 0.283 e. The Morgan fingerprint density at radius 1 is 1.32 bits per heavy atom. The van der Waals surface area contributed by atoms with E-state index in [4.69, 9.17) is 16.6 Å². The maximum Gasteiger partial charge on any atom is 0.263 e. The van der Waals surface area contributed by atoms with Crippen LogP contribution in [0.15, 0.2) is 52.3 Å². The van der Waals surface area contributed by atoms with Gasteiger partial charge in [0.05, 0.1) is 5.39 Å². The molecule has 3 heterocycles. The molecule has 0 N–H and O–H groups in total. The van der Waals surface area contributed by atoms with Crippen LogP contribution in [0.5, 0.6) is 0 Å². The zero-order valence-corrected chi connectivity index (χ0v) is 18.1. The van der Waals surface area contributed by atoms with Crippen LogP contribution in [0.3, 0.4) is 0 Å². The van der Waals surface area contributed by atoms with Crippen LogP contribution in [0.25, 0.3) is 21.3 Å². The summed E-state index contributed by atoms with van der Waals surface area (Å²) in [5.41, 5.74) is 3.74. The van der Waals surface area contributed by atoms with Crippen molar-refractivity contribution in [3.05, 3.63) is 68.2 Å². The molecule has 4 aromatic rings. The summed E-state index contributed by atoms with van der Waals surface area (Å²) in [6.45, 7) is 6.21. The van der Waals surface area contributed by atoms with Crippen molar-refractivity contribution in [2.24, 2.45) is 0 Å². The van der Waals surface area contributed by atoms with Gasteiger partial charge in [0.1, 0.15) is 14.9 Å². The predicted molar refractivity (Wildman–Crippen MR) is 119 cm³/mol. The number of rotatable bonds is 6. The van der Waals surface area contributed by atoms with E-state index in [1.807, 2.05) is 36.6 Å². The van der Waals surface area contributed by atoms with Gasteiger partial charge in [0.25, 0.3) is 5.56 Å². The van der Waals surface area contributed by atoms with E-state index in [2.05, 4.69) is 16.2 Å². The molecular formula is C19H15ClN4OS3. The molecule has 0 aliphatic heterocycles. The summed E-state index contributed by atoms with van der Waals surface area (Å²) in [5.74, 6) is 0.501. The number of thioether (sulfide) groups is 1. The predicted octanol–water partition coefficient (Wildman–Crippen LogP) is 5.42. The van der Waals surface area contributed by atoms with Gasteiger partial charge >= 0.3 is 0 Å². The van der Waals surface area contributed by atoms with Gasteiger partial charge in [0.15, 0.2) is 5.16 Å². The third-order valence-electron chi connectivity index (χ3n) is 4.18.